The minimum atomic E-state index is 1.22. The van der Waals surface area contributed by atoms with Crippen LogP contribution in [0.5, 0.6) is 0 Å². The highest BCUT2D eigenvalue weighted by molar-refractivity contribution is 5.10. The van der Waals surface area contributed by atoms with Gasteiger partial charge < -0.3 is 4.90 Å². The van der Waals surface area contributed by atoms with E-state index in [1.807, 2.05) is 0 Å². The number of allylic oxidation sites excluding steroid dienone is 2. The van der Waals surface area contributed by atoms with Crippen molar-refractivity contribution in [3.63, 3.8) is 0 Å². The maximum atomic E-state index is 4.12. The highest BCUT2D eigenvalue weighted by Crippen LogP contribution is 2.25. The molecular weight excluding hydrogens is 218 g/mol. The van der Waals surface area contributed by atoms with Crippen molar-refractivity contribution in [2.45, 2.75) is 64.7 Å². The smallest absolute Gasteiger partial charge is 0.00129 e. The summed E-state index contributed by atoms with van der Waals surface area (Å²) in [5.41, 5.74) is 3.13. The molecule has 0 radical (unpaired) electrons. The van der Waals surface area contributed by atoms with Crippen LogP contribution in [-0.2, 0) is 0 Å². The van der Waals surface area contributed by atoms with E-state index < -0.39 is 0 Å². The van der Waals surface area contributed by atoms with E-state index in [4.69, 9.17) is 0 Å². The van der Waals surface area contributed by atoms with Gasteiger partial charge in [-0.3, -0.25) is 0 Å². The molecule has 0 bridgehead atoms. The molecule has 0 aliphatic heterocycles. The summed E-state index contributed by atoms with van der Waals surface area (Å²) in [6, 6.07) is 0. The van der Waals surface area contributed by atoms with Crippen LogP contribution in [0, 0.1) is 0 Å². The van der Waals surface area contributed by atoms with Gasteiger partial charge in [-0.1, -0.05) is 43.6 Å². The fraction of sp³-hybridized carbons (Fsp3) is 0.765. The van der Waals surface area contributed by atoms with E-state index in [0.29, 0.717) is 0 Å². The van der Waals surface area contributed by atoms with Crippen molar-refractivity contribution in [2.75, 3.05) is 20.1 Å². The Hall–Kier alpha value is -0.560. The predicted octanol–water partition coefficient (Wildman–Crippen LogP) is 4.95. The summed E-state index contributed by atoms with van der Waals surface area (Å²) in [6.07, 6.45) is 14.1. The lowest BCUT2D eigenvalue weighted by atomic mass is 10.1. The molecule has 0 atom stereocenters. The van der Waals surface area contributed by atoms with Crippen molar-refractivity contribution in [1.82, 2.24) is 4.90 Å². The average Bonchev–Trinajstić information content (AvgIpc) is 2.55. The number of hydrogen-bond acceptors (Lipinski definition) is 1. The van der Waals surface area contributed by atoms with E-state index in [2.05, 4.69) is 31.5 Å². The molecule has 1 fully saturated rings. The van der Waals surface area contributed by atoms with E-state index in [-0.39, 0.29) is 0 Å². The molecule has 1 saturated carbocycles. The van der Waals surface area contributed by atoms with Crippen molar-refractivity contribution in [3.05, 3.63) is 23.8 Å². The van der Waals surface area contributed by atoms with Crippen LogP contribution in [0.15, 0.2) is 23.8 Å². The summed E-state index contributed by atoms with van der Waals surface area (Å²) >= 11 is 0. The Kier molecular flexibility index (Phi) is 8.08. The van der Waals surface area contributed by atoms with E-state index in [1.54, 1.807) is 5.57 Å². The molecule has 0 aromatic heterocycles. The van der Waals surface area contributed by atoms with Crippen molar-refractivity contribution >= 4 is 0 Å². The molecule has 0 spiro atoms. The molecule has 0 amide bonds. The Balaban J connectivity index is 2.16. The van der Waals surface area contributed by atoms with Gasteiger partial charge in [-0.05, 0) is 58.5 Å². The average molecular weight is 249 g/mol. The minimum absolute atomic E-state index is 1.22. The Bertz CT molecular complexity index is 265. The monoisotopic (exact) mass is 249 g/mol. The van der Waals surface area contributed by atoms with Crippen LogP contribution in [0.2, 0.25) is 0 Å². The van der Waals surface area contributed by atoms with Gasteiger partial charge in [0, 0.05) is 6.54 Å². The Morgan fingerprint density at radius 2 is 1.94 bits per heavy atom. The van der Waals surface area contributed by atoms with Gasteiger partial charge in [0.15, 0.2) is 0 Å². The van der Waals surface area contributed by atoms with Crippen LogP contribution >= 0.6 is 0 Å². The Morgan fingerprint density at radius 1 is 1.11 bits per heavy atom. The first kappa shape index (κ1) is 15.5. The van der Waals surface area contributed by atoms with Crippen LogP contribution < -0.4 is 0 Å². The first-order valence-electron chi connectivity index (χ1n) is 7.75. The third-order valence-electron chi connectivity index (χ3n) is 3.92. The van der Waals surface area contributed by atoms with Gasteiger partial charge in [0.05, 0.1) is 0 Å². The molecule has 1 nitrogen and oxygen atoms in total. The van der Waals surface area contributed by atoms with Gasteiger partial charge in [0.2, 0.25) is 0 Å². The number of rotatable bonds is 7. The summed E-state index contributed by atoms with van der Waals surface area (Å²) in [6.45, 7) is 8.87. The third-order valence-corrected chi connectivity index (χ3v) is 3.92. The summed E-state index contributed by atoms with van der Waals surface area (Å²) in [5, 5.41) is 0. The topological polar surface area (TPSA) is 3.24 Å². The standard InChI is InChI=1S/C17H31N/c1-4-5-6-14-18(3)15-8-11-17-10-7-9-16(2)12-13-17/h11H,2,4-10,12-15H2,1,3H3/b17-11+. The SMILES string of the molecule is C=C1CCC/C(=C\CCN(C)CCCCC)CC1. The zero-order valence-electron chi connectivity index (χ0n) is 12.5. The number of nitrogens with zero attached hydrogens (tertiary/aromatic N) is 1. The molecule has 1 aliphatic carbocycles. The van der Waals surface area contributed by atoms with Crippen molar-refractivity contribution in [2.24, 2.45) is 0 Å². The van der Waals surface area contributed by atoms with E-state index >= 15 is 0 Å². The van der Waals surface area contributed by atoms with Crippen molar-refractivity contribution in [1.29, 1.82) is 0 Å². The normalized spacial score (nSPS) is 19.5. The lowest BCUT2D eigenvalue weighted by molar-refractivity contribution is 0.331. The molecule has 1 aliphatic rings. The van der Waals surface area contributed by atoms with E-state index in [0.717, 1.165) is 0 Å². The van der Waals surface area contributed by atoms with Gasteiger partial charge in [0.25, 0.3) is 0 Å². The first-order chi connectivity index (χ1) is 8.72. The molecule has 0 aromatic rings. The van der Waals surface area contributed by atoms with Crippen LogP contribution in [0.3, 0.4) is 0 Å². The molecule has 0 unspecified atom stereocenters. The predicted molar refractivity (Wildman–Crippen MR) is 81.9 cm³/mol. The van der Waals surface area contributed by atoms with E-state index in [9.17, 15) is 0 Å². The number of unbranched alkanes of at least 4 members (excludes halogenated alkanes) is 2. The first-order valence-corrected chi connectivity index (χ1v) is 7.75. The van der Waals surface area contributed by atoms with Crippen molar-refractivity contribution < 1.29 is 0 Å². The van der Waals surface area contributed by atoms with Gasteiger partial charge in [-0.15, -0.1) is 0 Å². The van der Waals surface area contributed by atoms with Crippen LogP contribution in [0.4, 0.5) is 0 Å². The van der Waals surface area contributed by atoms with Crippen LogP contribution in [-0.4, -0.2) is 25.0 Å². The zero-order chi connectivity index (χ0) is 13.2. The van der Waals surface area contributed by atoms with Gasteiger partial charge in [-0.2, -0.15) is 0 Å². The highest BCUT2D eigenvalue weighted by Gasteiger charge is 2.06. The molecule has 0 N–H and O–H groups in total. The summed E-state index contributed by atoms with van der Waals surface area (Å²) in [4.78, 5) is 2.47. The molecule has 18 heavy (non-hydrogen) atoms. The zero-order valence-corrected chi connectivity index (χ0v) is 12.5. The third kappa shape index (κ3) is 7.00. The second-order valence-electron chi connectivity index (χ2n) is 5.76. The molecular formula is C17H31N. The Labute approximate surface area is 114 Å². The summed E-state index contributed by atoms with van der Waals surface area (Å²) < 4.78 is 0. The van der Waals surface area contributed by atoms with Gasteiger partial charge in [-0.25, -0.2) is 0 Å². The molecule has 104 valence electrons. The second-order valence-corrected chi connectivity index (χ2v) is 5.76. The van der Waals surface area contributed by atoms with Gasteiger partial charge >= 0.3 is 0 Å². The van der Waals surface area contributed by atoms with E-state index in [1.165, 1.54) is 76.5 Å². The fourth-order valence-corrected chi connectivity index (χ4v) is 2.59. The number of hydrogen-bond donors (Lipinski definition) is 0. The maximum Gasteiger partial charge on any atom is 0.00129 e. The quantitative estimate of drug-likeness (QED) is 0.351. The summed E-state index contributed by atoms with van der Waals surface area (Å²) in [5.74, 6) is 0. The Morgan fingerprint density at radius 3 is 2.72 bits per heavy atom. The lowest BCUT2D eigenvalue weighted by Crippen LogP contribution is -2.20. The molecule has 0 heterocycles. The maximum absolute atomic E-state index is 4.12. The van der Waals surface area contributed by atoms with Crippen molar-refractivity contribution in [3.8, 4) is 0 Å². The minimum Gasteiger partial charge on any atom is -0.306 e. The highest BCUT2D eigenvalue weighted by atomic mass is 15.1. The second kappa shape index (κ2) is 9.38. The van der Waals surface area contributed by atoms with Gasteiger partial charge in [0.1, 0.15) is 0 Å². The lowest BCUT2D eigenvalue weighted by Gasteiger charge is -2.15. The molecule has 0 aromatic carbocycles. The summed E-state index contributed by atoms with van der Waals surface area (Å²) in [7, 11) is 2.25. The largest absolute Gasteiger partial charge is 0.306 e. The fourth-order valence-electron chi connectivity index (χ4n) is 2.59. The molecule has 0 saturated heterocycles. The van der Waals surface area contributed by atoms with Crippen LogP contribution in [0.25, 0.3) is 0 Å². The molecule has 1 heteroatoms. The van der Waals surface area contributed by atoms with Crippen LogP contribution in [0.1, 0.15) is 64.7 Å². The molecule has 1 rings (SSSR count).